The van der Waals surface area contributed by atoms with Gasteiger partial charge in [-0.05, 0) is 66.8 Å². The van der Waals surface area contributed by atoms with Crippen molar-refractivity contribution < 1.29 is 4.79 Å². The van der Waals surface area contributed by atoms with Gasteiger partial charge in [-0.3, -0.25) is 4.79 Å². The lowest BCUT2D eigenvalue weighted by Gasteiger charge is -2.34. The fourth-order valence-electron chi connectivity index (χ4n) is 4.18. The van der Waals surface area contributed by atoms with Crippen LogP contribution in [-0.4, -0.2) is 42.0 Å². The molecule has 1 amide bonds. The van der Waals surface area contributed by atoms with Crippen molar-refractivity contribution in [2.75, 3.05) is 31.1 Å². The molecule has 0 N–H and O–H groups in total. The molecule has 0 bridgehead atoms. The smallest absolute Gasteiger partial charge is 0.253 e. The first-order valence-corrected chi connectivity index (χ1v) is 11.9. The molecule has 1 saturated heterocycles. The summed E-state index contributed by atoms with van der Waals surface area (Å²) in [5, 5.41) is 1.06. The maximum Gasteiger partial charge on any atom is 0.253 e. The first-order chi connectivity index (χ1) is 15.6. The zero-order chi connectivity index (χ0) is 22.1. The Morgan fingerprint density at radius 2 is 1.53 bits per heavy atom. The van der Waals surface area contributed by atoms with Crippen LogP contribution in [0.5, 0.6) is 0 Å². The quantitative estimate of drug-likeness (QED) is 0.422. The van der Waals surface area contributed by atoms with Crippen LogP contribution in [0.3, 0.4) is 0 Å². The zero-order valence-electron chi connectivity index (χ0n) is 18.5. The van der Waals surface area contributed by atoms with Crippen LogP contribution in [0.2, 0.25) is 0 Å². The molecule has 1 aliphatic rings. The van der Waals surface area contributed by atoms with E-state index >= 15 is 0 Å². The summed E-state index contributed by atoms with van der Waals surface area (Å²) in [6.07, 6.45) is 0.884. The molecule has 2 heterocycles. The van der Waals surface area contributed by atoms with E-state index in [0.717, 1.165) is 48.8 Å². The number of piperazine rings is 1. The van der Waals surface area contributed by atoms with Crippen LogP contribution >= 0.6 is 11.3 Å². The van der Waals surface area contributed by atoms with Gasteiger partial charge in [0, 0.05) is 31.7 Å². The van der Waals surface area contributed by atoms with Crippen molar-refractivity contribution in [3.63, 3.8) is 0 Å². The van der Waals surface area contributed by atoms with Gasteiger partial charge in [-0.1, -0.05) is 53.8 Å². The highest BCUT2D eigenvalue weighted by Crippen LogP contribution is 2.31. The van der Waals surface area contributed by atoms with Gasteiger partial charge in [-0.2, -0.15) is 0 Å². The molecule has 0 radical (unpaired) electrons. The highest BCUT2D eigenvalue weighted by molar-refractivity contribution is 7.22. The van der Waals surface area contributed by atoms with Crippen molar-refractivity contribution in [1.82, 2.24) is 9.88 Å². The van der Waals surface area contributed by atoms with Gasteiger partial charge in [0.2, 0.25) is 0 Å². The van der Waals surface area contributed by atoms with Crippen molar-refractivity contribution in [1.29, 1.82) is 0 Å². The number of carbonyl (C=O) groups excluding carboxylic acids is 1. The molecule has 0 aliphatic carbocycles. The molecule has 3 aromatic carbocycles. The molecule has 1 aliphatic heterocycles. The Labute approximate surface area is 193 Å². The van der Waals surface area contributed by atoms with Crippen LogP contribution in [-0.2, 0) is 6.42 Å². The van der Waals surface area contributed by atoms with Gasteiger partial charge in [0.25, 0.3) is 5.91 Å². The highest BCUT2D eigenvalue weighted by atomic mass is 32.1. The third-order valence-electron chi connectivity index (χ3n) is 6.28. The summed E-state index contributed by atoms with van der Waals surface area (Å²) < 4.78 is 1.23. The molecule has 0 atom stereocenters. The summed E-state index contributed by atoms with van der Waals surface area (Å²) in [5.74, 6) is 0.117. The zero-order valence-corrected chi connectivity index (χ0v) is 19.4. The van der Waals surface area contributed by atoms with E-state index in [9.17, 15) is 4.79 Å². The monoisotopic (exact) mass is 441 g/mol. The minimum Gasteiger partial charge on any atom is -0.345 e. The number of carbonyl (C=O) groups is 1. The van der Waals surface area contributed by atoms with Crippen molar-refractivity contribution in [2.24, 2.45) is 0 Å². The molecule has 32 heavy (non-hydrogen) atoms. The van der Waals surface area contributed by atoms with Gasteiger partial charge in [0.1, 0.15) is 0 Å². The number of fused-ring (bicyclic) bond motifs is 1. The summed E-state index contributed by atoms with van der Waals surface area (Å²) in [6.45, 7) is 7.35. The molecule has 5 rings (SSSR count). The third kappa shape index (κ3) is 4.26. The van der Waals surface area contributed by atoms with Gasteiger partial charge >= 0.3 is 0 Å². The van der Waals surface area contributed by atoms with Crippen molar-refractivity contribution in [3.05, 3.63) is 94.5 Å². The van der Waals surface area contributed by atoms with E-state index in [0.29, 0.717) is 0 Å². The number of nitrogens with zero attached hydrogens (tertiary/aromatic N) is 3. The molecule has 4 nitrogen and oxygen atoms in total. The van der Waals surface area contributed by atoms with Gasteiger partial charge < -0.3 is 9.80 Å². The van der Waals surface area contributed by atoms with Gasteiger partial charge in [-0.25, -0.2) is 4.98 Å². The molecule has 1 fully saturated rings. The van der Waals surface area contributed by atoms with E-state index in [2.05, 4.69) is 67.3 Å². The van der Waals surface area contributed by atoms with Crippen LogP contribution in [0.25, 0.3) is 10.2 Å². The molecule has 1 aromatic heterocycles. The minimum atomic E-state index is 0.117. The fraction of sp³-hybridized carbons (Fsp3) is 0.259. The Morgan fingerprint density at radius 3 is 2.25 bits per heavy atom. The molecule has 0 spiro atoms. The maximum atomic E-state index is 13.0. The first-order valence-electron chi connectivity index (χ1n) is 11.1. The van der Waals surface area contributed by atoms with Crippen LogP contribution in [0.4, 0.5) is 5.13 Å². The second-order valence-electron chi connectivity index (χ2n) is 8.54. The van der Waals surface area contributed by atoms with E-state index < -0.39 is 0 Å². The number of hydrogen-bond donors (Lipinski definition) is 0. The molecule has 162 valence electrons. The Balaban J connectivity index is 1.22. The summed E-state index contributed by atoms with van der Waals surface area (Å²) in [4.78, 5) is 22.1. The summed E-state index contributed by atoms with van der Waals surface area (Å²) in [5.41, 5.74) is 6.92. The fourth-order valence-corrected chi connectivity index (χ4v) is 5.28. The molecular formula is C27H27N3OS. The number of amides is 1. The lowest BCUT2D eigenvalue weighted by Crippen LogP contribution is -2.48. The van der Waals surface area contributed by atoms with E-state index in [-0.39, 0.29) is 5.91 Å². The van der Waals surface area contributed by atoms with E-state index in [4.69, 9.17) is 4.98 Å². The standard InChI is InChI=1S/C27H27N3OS/c1-19-16-24-25(17-20(19)2)32-27(28-24)30-14-12-29(13-15-30)26(31)23-10-8-22(9-11-23)18-21-6-4-3-5-7-21/h3-11,16-17H,12-15,18H2,1-2H3. The number of aryl methyl sites for hydroxylation is 2. The number of benzene rings is 3. The lowest BCUT2D eigenvalue weighted by molar-refractivity contribution is 0.0747. The summed E-state index contributed by atoms with van der Waals surface area (Å²) >= 11 is 1.75. The molecule has 0 saturated carbocycles. The molecule has 0 unspecified atom stereocenters. The predicted molar refractivity (Wildman–Crippen MR) is 133 cm³/mol. The number of hydrogen-bond acceptors (Lipinski definition) is 4. The van der Waals surface area contributed by atoms with Crippen LogP contribution < -0.4 is 4.90 Å². The Hall–Kier alpha value is -3.18. The van der Waals surface area contributed by atoms with Gasteiger partial charge in [0.15, 0.2) is 5.13 Å². The van der Waals surface area contributed by atoms with Crippen LogP contribution in [0.15, 0.2) is 66.7 Å². The largest absolute Gasteiger partial charge is 0.345 e. The molecular weight excluding hydrogens is 414 g/mol. The van der Waals surface area contributed by atoms with Crippen molar-refractivity contribution in [3.8, 4) is 0 Å². The third-order valence-corrected chi connectivity index (χ3v) is 7.36. The molecule has 4 aromatic rings. The van der Waals surface area contributed by atoms with Gasteiger partial charge in [0.05, 0.1) is 10.2 Å². The average Bonchev–Trinajstić information content (AvgIpc) is 3.23. The second-order valence-corrected chi connectivity index (χ2v) is 9.55. The first kappa shape index (κ1) is 20.7. The number of thiazole rings is 1. The SMILES string of the molecule is Cc1cc2nc(N3CCN(C(=O)c4ccc(Cc5ccccc5)cc4)CC3)sc2cc1C. The highest BCUT2D eigenvalue weighted by Gasteiger charge is 2.24. The molecule has 5 heteroatoms. The van der Waals surface area contributed by atoms with Crippen LogP contribution in [0, 0.1) is 13.8 Å². The number of aromatic nitrogens is 1. The Morgan fingerprint density at radius 1 is 0.875 bits per heavy atom. The van der Waals surface area contributed by atoms with Crippen molar-refractivity contribution >= 4 is 32.6 Å². The lowest BCUT2D eigenvalue weighted by atomic mass is 10.0. The van der Waals surface area contributed by atoms with Crippen LogP contribution in [0.1, 0.15) is 32.6 Å². The van der Waals surface area contributed by atoms with Crippen molar-refractivity contribution in [2.45, 2.75) is 20.3 Å². The minimum absolute atomic E-state index is 0.117. The topological polar surface area (TPSA) is 36.4 Å². The number of anilines is 1. The summed E-state index contributed by atoms with van der Waals surface area (Å²) in [7, 11) is 0. The Kier molecular flexibility index (Phi) is 5.66. The number of rotatable bonds is 4. The average molecular weight is 442 g/mol. The van der Waals surface area contributed by atoms with E-state index in [1.165, 1.54) is 27.0 Å². The maximum absolute atomic E-state index is 13.0. The van der Waals surface area contributed by atoms with E-state index in [1.807, 2.05) is 23.1 Å². The Bertz CT molecular complexity index is 1200. The summed E-state index contributed by atoms with van der Waals surface area (Å²) in [6, 6.07) is 22.9. The second kappa shape index (κ2) is 8.75. The van der Waals surface area contributed by atoms with Gasteiger partial charge in [-0.15, -0.1) is 0 Å². The normalized spacial score (nSPS) is 14.2. The van der Waals surface area contributed by atoms with E-state index in [1.54, 1.807) is 11.3 Å². The predicted octanol–water partition coefficient (Wildman–Crippen LogP) is 5.47.